The van der Waals surface area contributed by atoms with E-state index in [9.17, 15) is 31.2 Å². The van der Waals surface area contributed by atoms with Gasteiger partial charge in [0.1, 0.15) is 11.6 Å². The highest BCUT2D eigenvalue weighted by Crippen LogP contribution is 2.39. The second-order valence-electron chi connectivity index (χ2n) is 12.3. The summed E-state index contributed by atoms with van der Waals surface area (Å²) in [6.07, 6.45) is -3.79. The minimum atomic E-state index is -4.58. The average molecular weight is 665 g/mol. The molecule has 0 unspecified atom stereocenters. The fourth-order valence-corrected chi connectivity index (χ4v) is 7.22. The van der Waals surface area contributed by atoms with Crippen molar-refractivity contribution in [2.75, 3.05) is 10.8 Å². The van der Waals surface area contributed by atoms with Crippen molar-refractivity contribution in [1.82, 2.24) is 5.32 Å². The first-order chi connectivity index (χ1) is 22.1. The van der Waals surface area contributed by atoms with Crippen LogP contribution in [0.2, 0.25) is 0 Å². The Hall–Kier alpha value is -4.64. The molecule has 7 nitrogen and oxygen atoms in total. The van der Waals surface area contributed by atoms with Crippen molar-refractivity contribution in [3.05, 3.63) is 119 Å². The van der Waals surface area contributed by atoms with Gasteiger partial charge in [0.2, 0.25) is 5.91 Å². The maximum Gasteiger partial charge on any atom is 0.417 e. The van der Waals surface area contributed by atoms with E-state index < -0.39 is 39.3 Å². The van der Waals surface area contributed by atoms with Crippen molar-refractivity contribution in [2.45, 2.75) is 62.7 Å². The second kappa shape index (κ2) is 13.2. The summed E-state index contributed by atoms with van der Waals surface area (Å²) in [5.74, 6) is -0.792. The molecule has 0 aliphatic carbocycles. The highest BCUT2D eigenvalue weighted by atomic mass is 32.2. The number of anilines is 1. The fraction of sp³-hybridized carbons (Fsp3) is 0.278. The predicted molar refractivity (Wildman–Crippen MR) is 173 cm³/mol. The SMILES string of the molecule is CC(C)(C)OC(=O)Cc1ccc(CCNC(=O)[C@@H]2Cc3ccccc3N2S(=O)(=O)c2ccc(-c3ccccc3C(F)(F)F)cc2)cc1. The minimum Gasteiger partial charge on any atom is -0.460 e. The predicted octanol–water partition coefficient (Wildman–Crippen LogP) is 6.74. The third kappa shape index (κ3) is 7.85. The Bertz CT molecular complexity index is 1870. The van der Waals surface area contributed by atoms with Gasteiger partial charge in [-0.2, -0.15) is 13.2 Å². The summed E-state index contributed by atoms with van der Waals surface area (Å²) in [5, 5.41) is 2.86. The van der Waals surface area contributed by atoms with Crippen molar-refractivity contribution in [3.8, 4) is 11.1 Å². The molecule has 1 N–H and O–H groups in total. The zero-order valence-electron chi connectivity index (χ0n) is 26.2. The van der Waals surface area contributed by atoms with E-state index in [1.165, 1.54) is 42.5 Å². The summed E-state index contributed by atoms with van der Waals surface area (Å²) in [6, 6.07) is 23.5. The number of sulfonamides is 1. The molecular weight excluding hydrogens is 629 g/mol. The van der Waals surface area contributed by atoms with E-state index in [1.54, 1.807) is 24.3 Å². The van der Waals surface area contributed by atoms with Crippen LogP contribution in [0.5, 0.6) is 0 Å². The van der Waals surface area contributed by atoms with Crippen LogP contribution in [-0.4, -0.2) is 38.5 Å². The molecule has 1 atom stereocenters. The van der Waals surface area contributed by atoms with E-state index >= 15 is 0 Å². The number of hydrogen-bond acceptors (Lipinski definition) is 5. The number of esters is 1. The van der Waals surface area contributed by atoms with Crippen molar-refractivity contribution in [3.63, 3.8) is 0 Å². The zero-order valence-corrected chi connectivity index (χ0v) is 27.0. The number of alkyl halides is 3. The van der Waals surface area contributed by atoms with Gasteiger partial charge in [-0.05, 0) is 79.3 Å². The lowest BCUT2D eigenvalue weighted by atomic mass is 9.99. The topological polar surface area (TPSA) is 92.8 Å². The lowest BCUT2D eigenvalue weighted by Crippen LogP contribution is -2.48. The van der Waals surface area contributed by atoms with Gasteiger partial charge in [-0.3, -0.25) is 13.9 Å². The molecule has 0 radical (unpaired) electrons. The first-order valence-corrected chi connectivity index (χ1v) is 16.5. The number of nitrogens with zero attached hydrogens (tertiary/aromatic N) is 1. The number of halogens is 3. The van der Waals surface area contributed by atoms with Crippen LogP contribution in [0.25, 0.3) is 11.1 Å². The second-order valence-corrected chi connectivity index (χ2v) is 14.2. The first kappa shape index (κ1) is 33.7. The minimum absolute atomic E-state index is 0.0644. The number of rotatable bonds is 9. The van der Waals surface area contributed by atoms with Crippen molar-refractivity contribution >= 4 is 27.6 Å². The molecule has 1 amide bonds. The number of ether oxygens (including phenoxy) is 1. The summed E-state index contributed by atoms with van der Waals surface area (Å²) in [7, 11) is -4.27. The molecule has 47 heavy (non-hydrogen) atoms. The van der Waals surface area contributed by atoms with Crippen LogP contribution in [0, 0.1) is 0 Å². The van der Waals surface area contributed by atoms with E-state index in [0.29, 0.717) is 17.7 Å². The molecule has 0 aromatic heterocycles. The largest absolute Gasteiger partial charge is 0.460 e. The molecule has 0 spiro atoms. The quantitative estimate of drug-likeness (QED) is 0.200. The Morgan fingerprint density at radius 3 is 2.13 bits per heavy atom. The summed E-state index contributed by atoms with van der Waals surface area (Å²) in [5.41, 5.74) is 1.54. The number of benzene rings is 4. The Morgan fingerprint density at radius 2 is 1.47 bits per heavy atom. The standard InChI is InChI=1S/C36H35F3N2O5S/c1-35(2,3)46-33(42)22-25-14-12-24(13-15-25)20-21-40-34(43)32-23-27-8-4-7-11-31(27)41(32)47(44,45)28-18-16-26(17-19-28)29-9-5-6-10-30(29)36(37,38)39/h4-19,32H,20-23H2,1-3H3,(H,40,43)/t32-/m0/s1. The fourth-order valence-electron chi connectivity index (χ4n) is 5.57. The van der Waals surface area contributed by atoms with Crippen LogP contribution in [0.3, 0.4) is 0 Å². The molecule has 0 bridgehead atoms. The highest BCUT2D eigenvalue weighted by molar-refractivity contribution is 7.93. The maximum atomic E-state index is 14.0. The molecule has 0 saturated heterocycles. The molecule has 4 aromatic carbocycles. The van der Waals surface area contributed by atoms with Gasteiger partial charge in [0.05, 0.1) is 22.6 Å². The van der Waals surface area contributed by atoms with Crippen LogP contribution in [0.1, 0.15) is 43.0 Å². The van der Waals surface area contributed by atoms with Crippen LogP contribution >= 0.6 is 0 Å². The molecule has 0 saturated carbocycles. The van der Waals surface area contributed by atoms with Gasteiger partial charge < -0.3 is 10.1 Å². The van der Waals surface area contributed by atoms with Gasteiger partial charge in [-0.15, -0.1) is 0 Å². The summed E-state index contributed by atoms with van der Waals surface area (Å²) < 4.78 is 75.3. The monoisotopic (exact) mass is 664 g/mol. The van der Waals surface area contributed by atoms with Gasteiger partial charge in [0, 0.05) is 13.0 Å². The number of nitrogens with one attached hydrogen (secondary N) is 1. The molecule has 11 heteroatoms. The van der Waals surface area contributed by atoms with E-state index in [2.05, 4.69) is 5.32 Å². The number of hydrogen-bond donors (Lipinski definition) is 1. The molecule has 1 heterocycles. The van der Waals surface area contributed by atoms with Gasteiger partial charge in [0.15, 0.2) is 0 Å². The van der Waals surface area contributed by atoms with Crippen LogP contribution in [-0.2, 0) is 49.8 Å². The Morgan fingerprint density at radius 1 is 0.851 bits per heavy atom. The normalized spacial score (nSPS) is 14.9. The number of para-hydroxylation sites is 1. The highest BCUT2D eigenvalue weighted by Gasteiger charge is 2.42. The smallest absolute Gasteiger partial charge is 0.417 e. The summed E-state index contributed by atoms with van der Waals surface area (Å²) in [6.45, 7) is 5.67. The Kier molecular flexibility index (Phi) is 9.49. The number of carbonyl (C=O) groups is 2. The van der Waals surface area contributed by atoms with Gasteiger partial charge >= 0.3 is 12.1 Å². The van der Waals surface area contributed by atoms with Crippen molar-refractivity contribution < 1.29 is 35.9 Å². The lowest BCUT2D eigenvalue weighted by Gasteiger charge is -2.26. The molecule has 246 valence electrons. The molecule has 1 aliphatic rings. The van der Waals surface area contributed by atoms with E-state index in [4.69, 9.17) is 4.74 Å². The van der Waals surface area contributed by atoms with Gasteiger partial charge in [0.25, 0.3) is 10.0 Å². The maximum absolute atomic E-state index is 14.0. The lowest BCUT2D eigenvalue weighted by molar-refractivity contribution is -0.154. The molecule has 1 aliphatic heterocycles. The third-order valence-corrected chi connectivity index (χ3v) is 9.52. The van der Waals surface area contributed by atoms with Crippen molar-refractivity contribution in [2.24, 2.45) is 0 Å². The van der Waals surface area contributed by atoms with Crippen LogP contribution < -0.4 is 9.62 Å². The third-order valence-electron chi connectivity index (χ3n) is 7.69. The molecule has 4 aromatic rings. The van der Waals surface area contributed by atoms with E-state index in [0.717, 1.165) is 21.5 Å². The number of fused-ring (bicyclic) bond motifs is 1. The van der Waals surface area contributed by atoms with Crippen molar-refractivity contribution in [1.29, 1.82) is 0 Å². The van der Waals surface area contributed by atoms with Crippen LogP contribution in [0.15, 0.2) is 102 Å². The van der Waals surface area contributed by atoms with Gasteiger partial charge in [-0.1, -0.05) is 72.8 Å². The van der Waals surface area contributed by atoms with E-state index in [-0.39, 0.29) is 41.4 Å². The number of carbonyl (C=O) groups excluding carboxylic acids is 2. The average Bonchev–Trinajstić information content (AvgIpc) is 3.41. The molecular formula is C36H35F3N2O5S. The van der Waals surface area contributed by atoms with Crippen LogP contribution in [0.4, 0.5) is 18.9 Å². The first-order valence-electron chi connectivity index (χ1n) is 15.1. The summed E-state index contributed by atoms with van der Waals surface area (Å²) >= 11 is 0. The Labute approximate surface area is 272 Å². The van der Waals surface area contributed by atoms with Gasteiger partial charge in [-0.25, -0.2) is 8.42 Å². The molecule has 0 fully saturated rings. The number of amides is 1. The van der Waals surface area contributed by atoms with E-state index in [1.807, 2.05) is 45.0 Å². The zero-order chi connectivity index (χ0) is 34.0. The summed E-state index contributed by atoms with van der Waals surface area (Å²) in [4.78, 5) is 25.5. The molecule has 5 rings (SSSR count). The Balaban J connectivity index is 1.29.